The molecule has 1 aromatic heterocycles. The Kier molecular flexibility index (Phi) is 5.31. The minimum Gasteiger partial charge on any atom is -0.396 e. The van der Waals surface area contributed by atoms with Crippen LogP contribution in [0.2, 0.25) is 0 Å². The topological polar surface area (TPSA) is 70.3 Å². The molecular weight excluding hydrogens is 194 g/mol. The fraction of sp³-hybridized carbons (Fsp3) is 0.700. The maximum atomic E-state index is 8.82. The summed E-state index contributed by atoms with van der Waals surface area (Å²) in [6.45, 7) is 4.37. The molecule has 0 saturated heterocycles. The first-order valence-corrected chi connectivity index (χ1v) is 5.20. The van der Waals surface area contributed by atoms with Gasteiger partial charge >= 0.3 is 0 Å². The van der Waals surface area contributed by atoms with E-state index in [9.17, 15) is 0 Å². The second kappa shape index (κ2) is 6.55. The zero-order chi connectivity index (χ0) is 11.1. The number of nitrogens with one attached hydrogen (secondary N) is 1. The lowest BCUT2D eigenvalue weighted by atomic mass is 10.2. The van der Waals surface area contributed by atoms with Crippen LogP contribution in [0.15, 0.2) is 12.4 Å². The fourth-order valence-corrected chi connectivity index (χ4v) is 1.25. The highest BCUT2D eigenvalue weighted by Gasteiger charge is 2.00. The van der Waals surface area contributed by atoms with Gasteiger partial charge in [-0.2, -0.15) is 5.10 Å². The number of aromatic nitrogens is 2. The Morgan fingerprint density at radius 3 is 3.00 bits per heavy atom. The quantitative estimate of drug-likeness (QED) is 0.576. The van der Waals surface area contributed by atoms with Gasteiger partial charge in [0, 0.05) is 31.5 Å². The second-order valence-electron chi connectivity index (χ2n) is 3.75. The molecule has 0 spiro atoms. The molecule has 5 heteroatoms. The van der Waals surface area contributed by atoms with E-state index in [0.29, 0.717) is 6.54 Å². The summed E-state index contributed by atoms with van der Waals surface area (Å²) in [4.78, 5) is 0. The van der Waals surface area contributed by atoms with Gasteiger partial charge in [0.15, 0.2) is 0 Å². The molecule has 86 valence electrons. The summed E-state index contributed by atoms with van der Waals surface area (Å²) < 4.78 is 1.71. The fourth-order valence-electron chi connectivity index (χ4n) is 1.25. The third-order valence-electron chi connectivity index (χ3n) is 2.15. The SMILES string of the molecule is CC(CO)CNCc1cnn(CCO)c1. The van der Waals surface area contributed by atoms with Crippen molar-refractivity contribution in [2.24, 2.45) is 5.92 Å². The maximum absolute atomic E-state index is 8.82. The summed E-state index contributed by atoms with van der Waals surface area (Å²) in [7, 11) is 0. The van der Waals surface area contributed by atoms with Crippen molar-refractivity contribution in [2.45, 2.75) is 20.0 Å². The Labute approximate surface area is 89.7 Å². The van der Waals surface area contributed by atoms with E-state index in [2.05, 4.69) is 10.4 Å². The highest BCUT2D eigenvalue weighted by Crippen LogP contribution is 1.98. The minimum atomic E-state index is 0.107. The molecular formula is C10H19N3O2. The number of hydrogen-bond acceptors (Lipinski definition) is 4. The average Bonchev–Trinajstić information content (AvgIpc) is 2.66. The first-order chi connectivity index (χ1) is 7.26. The molecule has 1 atom stereocenters. The van der Waals surface area contributed by atoms with Crippen molar-refractivity contribution in [3.63, 3.8) is 0 Å². The van der Waals surface area contributed by atoms with E-state index in [1.807, 2.05) is 13.1 Å². The van der Waals surface area contributed by atoms with Gasteiger partial charge < -0.3 is 15.5 Å². The number of rotatable bonds is 7. The lowest BCUT2D eigenvalue weighted by molar-refractivity contribution is 0.233. The predicted molar refractivity (Wildman–Crippen MR) is 57.3 cm³/mol. The first-order valence-electron chi connectivity index (χ1n) is 5.20. The molecule has 0 aliphatic rings. The molecule has 0 aliphatic carbocycles. The van der Waals surface area contributed by atoms with E-state index in [-0.39, 0.29) is 19.1 Å². The summed E-state index contributed by atoms with van der Waals surface area (Å²) in [6, 6.07) is 0. The Bertz CT molecular complexity index is 275. The van der Waals surface area contributed by atoms with E-state index >= 15 is 0 Å². The summed E-state index contributed by atoms with van der Waals surface area (Å²) in [5.41, 5.74) is 1.09. The van der Waals surface area contributed by atoms with Crippen LogP contribution in [0, 0.1) is 5.92 Å². The van der Waals surface area contributed by atoms with E-state index in [0.717, 1.165) is 18.7 Å². The zero-order valence-electron chi connectivity index (χ0n) is 9.06. The Balaban J connectivity index is 2.25. The van der Waals surface area contributed by atoms with Gasteiger partial charge in [0.05, 0.1) is 19.3 Å². The number of hydrogen-bond donors (Lipinski definition) is 3. The van der Waals surface area contributed by atoms with Gasteiger partial charge in [0.1, 0.15) is 0 Å². The van der Waals surface area contributed by atoms with Crippen molar-refractivity contribution in [1.82, 2.24) is 15.1 Å². The lowest BCUT2D eigenvalue weighted by Crippen LogP contribution is -2.22. The molecule has 1 heterocycles. The van der Waals surface area contributed by atoms with Crippen LogP contribution in [0.1, 0.15) is 12.5 Å². The van der Waals surface area contributed by atoms with E-state index in [4.69, 9.17) is 10.2 Å². The van der Waals surface area contributed by atoms with Crippen molar-refractivity contribution in [3.8, 4) is 0 Å². The van der Waals surface area contributed by atoms with Gasteiger partial charge in [-0.25, -0.2) is 0 Å². The van der Waals surface area contributed by atoms with Gasteiger partial charge in [-0.05, 0) is 5.92 Å². The van der Waals surface area contributed by atoms with E-state index in [1.165, 1.54) is 0 Å². The largest absolute Gasteiger partial charge is 0.396 e. The van der Waals surface area contributed by atoms with Gasteiger partial charge in [-0.3, -0.25) is 4.68 Å². The summed E-state index contributed by atoms with van der Waals surface area (Å²) in [5, 5.41) is 24.9. The van der Waals surface area contributed by atoms with Crippen LogP contribution in [-0.2, 0) is 13.1 Å². The maximum Gasteiger partial charge on any atom is 0.0640 e. The molecule has 0 aliphatic heterocycles. The molecule has 0 radical (unpaired) electrons. The molecule has 0 bridgehead atoms. The van der Waals surface area contributed by atoms with E-state index < -0.39 is 0 Å². The van der Waals surface area contributed by atoms with Gasteiger partial charge in [0.25, 0.3) is 0 Å². The third kappa shape index (κ3) is 4.42. The average molecular weight is 213 g/mol. The monoisotopic (exact) mass is 213 g/mol. The van der Waals surface area contributed by atoms with Gasteiger partial charge in [0.2, 0.25) is 0 Å². The van der Waals surface area contributed by atoms with Gasteiger partial charge in [-0.15, -0.1) is 0 Å². The van der Waals surface area contributed by atoms with Crippen LogP contribution < -0.4 is 5.32 Å². The van der Waals surface area contributed by atoms with Crippen LogP contribution in [0.5, 0.6) is 0 Å². The van der Waals surface area contributed by atoms with Crippen LogP contribution in [-0.4, -0.2) is 39.8 Å². The Hall–Kier alpha value is -0.910. The van der Waals surface area contributed by atoms with Crippen LogP contribution in [0.4, 0.5) is 0 Å². The number of aliphatic hydroxyl groups excluding tert-OH is 2. The summed E-state index contributed by atoms with van der Waals surface area (Å²) in [6.07, 6.45) is 3.69. The van der Waals surface area contributed by atoms with Crippen molar-refractivity contribution in [2.75, 3.05) is 19.8 Å². The predicted octanol–water partition coefficient (Wildman–Crippen LogP) is -0.407. The van der Waals surface area contributed by atoms with Crippen LogP contribution >= 0.6 is 0 Å². The first kappa shape index (κ1) is 12.2. The van der Waals surface area contributed by atoms with Crippen molar-refractivity contribution in [3.05, 3.63) is 18.0 Å². The third-order valence-corrected chi connectivity index (χ3v) is 2.15. The minimum absolute atomic E-state index is 0.107. The van der Waals surface area contributed by atoms with Crippen molar-refractivity contribution >= 4 is 0 Å². The highest BCUT2D eigenvalue weighted by molar-refractivity contribution is 5.03. The summed E-state index contributed by atoms with van der Waals surface area (Å²) >= 11 is 0. The normalized spacial score (nSPS) is 13.0. The molecule has 3 N–H and O–H groups in total. The second-order valence-corrected chi connectivity index (χ2v) is 3.75. The van der Waals surface area contributed by atoms with Gasteiger partial charge in [-0.1, -0.05) is 6.92 Å². The Morgan fingerprint density at radius 2 is 2.33 bits per heavy atom. The number of nitrogens with zero attached hydrogens (tertiary/aromatic N) is 2. The Morgan fingerprint density at radius 1 is 1.53 bits per heavy atom. The molecule has 0 amide bonds. The zero-order valence-corrected chi connectivity index (χ0v) is 9.06. The molecule has 5 nitrogen and oxygen atoms in total. The van der Waals surface area contributed by atoms with Crippen molar-refractivity contribution in [1.29, 1.82) is 0 Å². The molecule has 0 saturated carbocycles. The van der Waals surface area contributed by atoms with Crippen LogP contribution in [0.3, 0.4) is 0 Å². The lowest BCUT2D eigenvalue weighted by Gasteiger charge is -2.07. The molecule has 1 rings (SSSR count). The molecule has 0 fully saturated rings. The smallest absolute Gasteiger partial charge is 0.0640 e. The standard InChI is InChI=1S/C10H19N3O2/c1-9(8-15)4-11-5-10-6-12-13(7-10)2-3-14/h6-7,9,11,14-15H,2-5,8H2,1H3. The number of aliphatic hydroxyl groups is 2. The molecule has 1 aromatic rings. The molecule has 15 heavy (non-hydrogen) atoms. The molecule has 0 aromatic carbocycles. The van der Waals surface area contributed by atoms with E-state index in [1.54, 1.807) is 10.9 Å². The van der Waals surface area contributed by atoms with Crippen LogP contribution in [0.25, 0.3) is 0 Å². The highest BCUT2D eigenvalue weighted by atomic mass is 16.3. The molecule has 1 unspecified atom stereocenters. The summed E-state index contributed by atoms with van der Waals surface area (Å²) in [5.74, 6) is 0.275. The van der Waals surface area contributed by atoms with Crippen molar-refractivity contribution < 1.29 is 10.2 Å².